The third-order valence-corrected chi connectivity index (χ3v) is 6.43. The van der Waals surface area contributed by atoms with Gasteiger partial charge in [-0.05, 0) is 63.7 Å². The van der Waals surface area contributed by atoms with E-state index in [0.717, 1.165) is 10.5 Å². The molecule has 1 fully saturated rings. The van der Waals surface area contributed by atoms with Crippen molar-refractivity contribution in [3.63, 3.8) is 0 Å². The van der Waals surface area contributed by atoms with Gasteiger partial charge < -0.3 is 20.1 Å². The summed E-state index contributed by atoms with van der Waals surface area (Å²) in [5.74, 6) is -0.701. The normalized spacial score (nSPS) is 19.8. The van der Waals surface area contributed by atoms with E-state index in [1.165, 1.54) is 0 Å². The van der Waals surface area contributed by atoms with Crippen molar-refractivity contribution in [1.29, 1.82) is 0 Å². The van der Waals surface area contributed by atoms with Crippen LogP contribution in [0, 0.1) is 5.92 Å². The van der Waals surface area contributed by atoms with Crippen molar-refractivity contribution in [3.8, 4) is 0 Å². The number of amides is 2. The Morgan fingerprint density at radius 2 is 1.75 bits per heavy atom. The van der Waals surface area contributed by atoms with Crippen LogP contribution in [-0.2, 0) is 19.1 Å². The molecular formula is C23H31N3O5S. The molecule has 32 heavy (non-hydrogen) atoms. The number of hydrogen-bond acceptors (Lipinski definition) is 7. The van der Waals surface area contributed by atoms with E-state index in [4.69, 9.17) is 9.47 Å². The summed E-state index contributed by atoms with van der Waals surface area (Å²) >= 11 is 1.63. The Kier molecular flexibility index (Phi) is 8.58. The van der Waals surface area contributed by atoms with E-state index in [1.54, 1.807) is 25.6 Å². The predicted molar refractivity (Wildman–Crippen MR) is 122 cm³/mol. The first-order valence-electron chi connectivity index (χ1n) is 11.0. The average Bonchev–Trinajstić information content (AvgIpc) is 2.79. The van der Waals surface area contributed by atoms with Crippen LogP contribution in [0.5, 0.6) is 0 Å². The number of carbonyl (C=O) groups is 3. The van der Waals surface area contributed by atoms with Gasteiger partial charge in [-0.25, -0.2) is 9.59 Å². The fourth-order valence-electron chi connectivity index (χ4n) is 4.05. The summed E-state index contributed by atoms with van der Waals surface area (Å²) < 4.78 is 10.5. The van der Waals surface area contributed by atoms with Crippen LogP contribution in [0.3, 0.4) is 0 Å². The van der Waals surface area contributed by atoms with Crippen molar-refractivity contribution in [2.75, 3.05) is 39.1 Å². The molecule has 9 heteroatoms. The Morgan fingerprint density at radius 3 is 2.34 bits per heavy atom. The summed E-state index contributed by atoms with van der Waals surface area (Å²) in [6.45, 7) is 5.95. The Bertz CT molecular complexity index is 863. The van der Waals surface area contributed by atoms with Crippen LogP contribution in [-0.4, -0.2) is 62.0 Å². The van der Waals surface area contributed by atoms with Gasteiger partial charge >= 0.3 is 18.0 Å². The Hall–Kier alpha value is -2.52. The molecule has 2 aliphatic heterocycles. The van der Waals surface area contributed by atoms with Crippen molar-refractivity contribution < 1.29 is 23.9 Å². The van der Waals surface area contributed by atoms with Crippen molar-refractivity contribution in [1.82, 2.24) is 15.5 Å². The molecule has 1 saturated heterocycles. The van der Waals surface area contributed by atoms with E-state index in [1.807, 2.05) is 30.5 Å². The molecule has 3 rings (SSSR count). The van der Waals surface area contributed by atoms with E-state index in [0.29, 0.717) is 50.4 Å². The second kappa shape index (κ2) is 11.4. The van der Waals surface area contributed by atoms with Gasteiger partial charge in [0.15, 0.2) is 0 Å². The minimum Gasteiger partial charge on any atom is -0.466 e. The molecule has 0 aliphatic carbocycles. The molecule has 1 aromatic rings. The minimum absolute atomic E-state index is 0.102. The highest BCUT2D eigenvalue weighted by atomic mass is 32.2. The van der Waals surface area contributed by atoms with Crippen molar-refractivity contribution >= 4 is 29.7 Å². The first-order valence-corrected chi connectivity index (χ1v) is 12.2. The Morgan fingerprint density at radius 1 is 1.09 bits per heavy atom. The molecule has 2 heterocycles. The van der Waals surface area contributed by atoms with Crippen LogP contribution in [0.25, 0.3) is 0 Å². The fourth-order valence-corrected chi connectivity index (χ4v) is 4.46. The summed E-state index contributed by atoms with van der Waals surface area (Å²) in [6.07, 6.45) is 3.37. The summed E-state index contributed by atoms with van der Waals surface area (Å²) in [4.78, 5) is 40.6. The predicted octanol–water partition coefficient (Wildman–Crippen LogP) is 2.85. The fraction of sp³-hybridized carbons (Fsp3) is 0.522. The van der Waals surface area contributed by atoms with Gasteiger partial charge in [0.2, 0.25) is 0 Å². The number of urea groups is 1. The maximum absolute atomic E-state index is 12.9. The number of benzene rings is 1. The zero-order valence-electron chi connectivity index (χ0n) is 18.8. The number of esters is 2. The Labute approximate surface area is 193 Å². The molecule has 0 saturated carbocycles. The van der Waals surface area contributed by atoms with Crippen LogP contribution in [0.4, 0.5) is 4.79 Å². The lowest BCUT2D eigenvalue weighted by Gasteiger charge is -2.35. The van der Waals surface area contributed by atoms with E-state index in [-0.39, 0.29) is 24.5 Å². The van der Waals surface area contributed by atoms with Crippen molar-refractivity contribution in [2.24, 2.45) is 5.92 Å². The first kappa shape index (κ1) is 24.1. The topological polar surface area (TPSA) is 97.0 Å². The molecule has 0 radical (unpaired) electrons. The van der Waals surface area contributed by atoms with Gasteiger partial charge in [0, 0.05) is 17.1 Å². The smallest absolute Gasteiger partial charge is 0.338 e. The molecule has 174 valence electrons. The number of rotatable bonds is 8. The van der Waals surface area contributed by atoms with Gasteiger partial charge in [-0.2, -0.15) is 0 Å². The van der Waals surface area contributed by atoms with Crippen LogP contribution in [0.1, 0.15) is 38.3 Å². The third kappa shape index (κ3) is 5.83. The standard InChI is InChI=1S/C23H31N3O5S/c1-4-30-21(27)16-10-12-26(13-11-16)14-18-19(22(28)31-5-2)20(25-23(29)24-18)15-6-8-17(32-3)9-7-15/h6-9,16,20H,4-5,10-14H2,1-3H3,(H2,24,25,29)/t20-/m0/s1. The zero-order valence-corrected chi connectivity index (χ0v) is 19.6. The van der Waals surface area contributed by atoms with Crippen LogP contribution >= 0.6 is 11.8 Å². The first-order chi connectivity index (χ1) is 15.5. The molecule has 0 spiro atoms. The Balaban J connectivity index is 1.83. The highest BCUT2D eigenvalue weighted by Gasteiger charge is 2.35. The van der Waals surface area contributed by atoms with Crippen molar-refractivity contribution in [2.45, 2.75) is 37.6 Å². The maximum Gasteiger partial charge on any atom is 0.338 e. The second-order valence-corrected chi connectivity index (χ2v) is 8.60. The maximum atomic E-state index is 12.9. The van der Waals surface area contributed by atoms with Gasteiger partial charge in [0.1, 0.15) is 0 Å². The monoisotopic (exact) mass is 461 g/mol. The highest BCUT2D eigenvalue weighted by molar-refractivity contribution is 7.98. The number of ether oxygens (including phenoxy) is 2. The molecule has 0 aromatic heterocycles. The van der Waals surface area contributed by atoms with Gasteiger partial charge in [-0.1, -0.05) is 12.1 Å². The molecule has 1 atom stereocenters. The molecule has 2 aliphatic rings. The van der Waals surface area contributed by atoms with Crippen molar-refractivity contribution in [3.05, 3.63) is 41.1 Å². The number of piperidine rings is 1. The zero-order chi connectivity index (χ0) is 23.1. The number of likely N-dealkylation sites (tertiary alicyclic amines) is 1. The molecule has 8 nitrogen and oxygen atoms in total. The summed E-state index contributed by atoms with van der Waals surface area (Å²) in [5, 5.41) is 5.69. The minimum atomic E-state index is -0.592. The summed E-state index contributed by atoms with van der Waals surface area (Å²) in [5.41, 5.74) is 1.77. The average molecular weight is 462 g/mol. The van der Waals surface area contributed by atoms with E-state index in [9.17, 15) is 14.4 Å². The SMILES string of the molecule is CCOC(=O)C1=C(CN2CCC(C(=O)OCC)CC2)NC(=O)N[C@H]1c1ccc(SC)cc1. The lowest BCUT2D eigenvalue weighted by Crippen LogP contribution is -2.49. The molecule has 0 unspecified atom stereocenters. The number of thioether (sulfide) groups is 1. The number of carbonyl (C=O) groups excluding carboxylic acids is 3. The van der Waals surface area contributed by atoms with Gasteiger partial charge in [0.25, 0.3) is 0 Å². The number of nitrogens with one attached hydrogen (secondary N) is 2. The quantitative estimate of drug-likeness (QED) is 0.454. The molecule has 0 bridgehead atoms. The van der Waals surface area contributed by atoms with Gasteiger partial charge in [-0.3, -0.25) is 9.69 Å². The third-order valence-electron chi connectivity index (χ3n) is 5.69. The molecular weight excluding hydrogens is 430 g/mol. The number of hydrogen-bond donors (Lipinski definition) is 2. The summed E-state index contributed by atoms with van der Waals surface area (Å²) in [6, 6.07) is 6.83. The largest absolute Gasteiger partial charge is 0.466 e. The lowest BCUT2D eigenvalue weighted by atomic mass is 9.93. The molecule has 1 aromatic carbocycles. The number of nitrogens with zero attached hydrogens (tertiary/aromatic N) is 1. The van der Waals surface area contributed by atoms with Crippen LogP contribution in [0.15, 0.2) is 40.4 Å². The molecule has 2 amide bonds. The van der Waals surface area contributed by atoms with Gasteiger partial charge in [0.05, 0.1) is 30.7 Å². The van der Waals surface area contributed by atoms with E-state index in [2.05, 4.69) is 15.5 Å². The summed E-state index contributed by atoms with van der Waals surface area (Å²) in [7, 11) is 0. The lowest BCUT2D eigenvalue weighted by molar-refractivity contribution is -0.149. The van der Waals surface area contributed by atoms with E-state index >= 15 is 0 Å². The van der Waals surface area contributed by atoms with E-state index < -0.39 is 12.0 Å². The second-order valence-electron chi connectivity index (χ2n) is 7.72. The van der Waals surface area contributed by atoms with Gasteiger partial charge in [-0.15, -0.1) is 11.8 Å². The molecule has 2 N–H and O–H groups in total. The van der Waals surface area contributed by atoms with Crippen LogP contribution in [0.2, 0.25) is 0 Å². The highest BCUT2D eigenvalue weighted by Crippen LogP contribution is 2.30. The van der Waals surface area contributed by atoms with Crippen LogP contribution < -0.4 is 10.6 Å².